The molecule has 0 radical (unpaired) electrons. The molecule has 1 rings (SSSR count). The highest BCUT2D eigenvalue weighted by Crippen LogP contribution is 2.20. The van der Waals surface area contributed by atoms with Crippen molar-refractivity contribution in [1.82, 2.24) is 14.8 Å². The van der Waals surface area contributed by atoms with E-state index in [4.69, 9.17) is 5.73 Å². The molecule has 1 aromatic rings. The van der Waals surface area contributed by atoms with Crippen molar-refractivity contribution in [3.63, 3.8) is 0 Å². The van der Waals surface area contributed by atoms with Crippen molar-refractivity contribution in [2.24, 2.45) is 11.7 Å². The first kappa shape index (κ1) is 11.2. The van der Waals surface area contributed by atoms with Gasteiger partial charge in [-0.3, -0.25) is 0 Å². The van der Waals surface area contributed by atoms with Crippen LogP contribution >= 0.6 is 0 Å². The predicted octanol–water partition coefficient (Wildman–Crippen LogP) is 1.65. The Labute approximate surface area is 85.5 Å². The zero-order chi connectivity index (χ0) is 10.7. The van der Waals surface area contributed by atoms with Crippen LogP contribution in [0.25, 0.3) is 0 Å². The molecule has 2 N–H and O–H groups in total. The van der Waals surface area contributed by atoms with Crippen molar-refractivity contribution < 1.29 is 0 Å². The predicted molar refractivity (Wildman–Crippen MR) is 56.8 cm³/mol. The van der Waals surface area contributed by atoms with Crippen molar-refractivity contribution in [1.29, 1.82) is 0 Å². The minimum Gasteiger partial charge on any atom is -0.321 e. The molecule has 4 nitrogen and oxygen atoms in total. The lowest BCUT2D eigenvalue weighted by atomic mass is 9.99. The maximum Gasteiger partial charge on any atom is 0.150 e. The van der Waals surface area contributed by atoms with Crippen LogP contribution in [0.2, 0.25) is 0 Å². The molecule has 0 aliphatic heterocycles. The first-order valence-electron chi connectivity index (χ1n) is 5.27. The average molecular weight is 196 g/mol. The molecule has 0 fully saturated rings. The summed E-state index contributed by atoms with van der Waals surface area (Å²) >= 11 is 0. The third kappa shape index (κ3) is 1.95. The molecule has 2 atom stereocenters. The van der Waals surface area contributed by atoms with Crippen molar-refractivity contribution in [2.75, 3.05) is 0 Å². The highest BCUT2D eigenvalue weighted by molar-refractivity contribution is 5.00. The van der Waals surface area contributed by atoms with Gasteiger partial charge in [-0.05, 0) is 19.8 Å². The fraction of sp³-hybridized carbons (Fsp3) is 0.800. The van der Waals surface area contributed by atoms with Crippen molar-refractivity contribution in [3.8, 4) is 0 Å². The van der Waals surface area contributed by atoms with E-state index in [-0.39, 0.29) is 6.04 Å². The molecule has 14 heavy (non-hydrogen) atoms. The summed E-state index contributed by atoms with van der Waals surface area (Å²) in [7, 11) is 0. The number of hydrogen-bond donors (Lipinski definition) is 1. The normalized spacial score (nSPS) is 15.5. The Bertz CT molecular complexity index is 292. The smallest absolute Gasteiger partial charge is 0.150 e. The third-order valence-electron chi connectivity index (χ3n) is 2.84. The second kappa shape index (κ2) is 4.55. The van der Waals surface area contributed by atoms with Crippen LogP contribution in [0.3, 0.4) is 0 Å². The van der Waals surface area contributed by atoms with E-state index in [2.05, 4.69) is 35.5 Å². The maximum atomic E-state index is 6.12. The summed E-state index contributed by atoms with van der Waals surface area (Å²) in [6.07, 6.45) is 1.07. The van der Waals surface area contributed by atoms with E-state index >= 15 is 0 Å². The number of aromatic nitrogens is 3. The Morgan fingerprint density at radius 3 is 2.50 bits per heavy atom. The fourth-order valence-corrected chi connectivity index (χ4v) is 1.54. The molecule has 1 heterocycles. The second-order valence-electron chi connectivity index (χ2n) is 3.76. The number of aryl methyl sites for hydroxylation is 1. The van der Waals surface area contributed by atoms with Gasteiger partial charge in [-0.25, -0.2) is 0 Å². The molecule has 0 aromatic carbocycles. The largest absolute Gasteiger partial charge is 0.321 e. The number of hydrogen-bond acceptors (Lipinski definition) is 3. The second-order valence-corrected chi connectivity index (χ2v) is 3.76. The standard InChI is InChI=1S/C10H20N4/c1-5-7(3)9(11)10-13-12-8(4)14(10)6-2/h7,9H,5-6,11H2,1-4H3/t7?,9-/m0/s1. The molecule has 4 heteroatoms. The van der Waals surface area contributed by atoms with Gasteiger partial charge in [-0.2, -0.15) is 0 Å². The van der Waals surface area contributed by atoms with E-state index in [1.54, 1.807) is 0 Å². The van der Waals surface area contributed by atoms with E-state index in [0.29, 0.717) is 5.92 Å². The Morgan fingerprint density at radius 2 is 2.00 bits per heavy atom. The van der Waals surface area contributed by atoms with Crippen LogP contribution in [0, 0.1) is 12.8 Å². The highest BCUT2D eigenvalue weighted by Gasteiger charge is 2.19. The Balaban J connectivity index is 2.94. The molecule has 0 amide bonds. The topological polar surface area (TPSA) is 56.7 Å². The Kier molecular flexibility index (Phi) is 3.63. The minimum absolute atomic E-state index is 0.00106. The van der Waals surface area contributed by atoms with Gasteiger partial charge in [-0.1, -0.05) is 20.3 Å². The van der Waals surface area contributed by atoms with Crippen molar-refractivity contribution in [3.05, 3.63) is 11.6 Å². The SMILES string of the molecule is CCC(C)[C@H](N)c1nnc(C)n1CC. The van der Waals surface area contributed by atoms with E-state index in [0.717, 1.165) is 24.6 Å². The van der Waals surface area contributed by atoms with Crippen molar-refractivity contribution in [2.45, 2.75) is 46.7 Å². The van der Waals surface area contributed by atoms with Crippen LogP contribution in [0.4, 0.5) is 0 Å². The fourth-order valence-electron chi connectivity index (χ4n) is 1.54. The van der Waals surface area contributed by atoms with Gasteiger partial charge in [0.15, 0.2) is 0 Å². The maximum absolute atomic E-state index is 6.12. The molecular weight excluding hydrogens is 176 g/mol. The first-order chi connectivity index (χ1) is 6.61. The Hall–Kier alpha value is -0.900. The van der Waals surface area contributed by atoms with Gasteiger partial charge < -0.3 is 10.3 Å². The number of nitrogens with two attached hydrogens (primary N) is 1. The molecule has 0 saturated carbocycles. The van der Waals surface area contributed by atoms with E-state index in [9.17, 15) is 0 Å². The summed E-state index contributed by atoms with van der Waals surface area (Å²) in [6, 6.07) is 0.00106. The van der Waals surface area contributed by atoms with Gasteiger partial charge >= 0.3 is 0 Å². The molecule has 0 aliphatic carbocycles. The summed E-state index contributed by atoms with van der Waals surface area (Å²) in [5, 5.41) is 8.20. The zero-order valence-electron chi connectivity index (χ0n) is 9.49. The van der Waals surface area contributed by atoms with Crippen LogP contribution < -0.4 is 5.73 Å². The van der Waals surface area contributed by atoms with Gasteiger partial charge in [0.1, 0.15) is 11.6 Å². The summed E-state index contributed by atoms with van der Waals surface area (Å²) in [4.78, 5) is 0. The molecule has 1 unspecified atom stereocenters. The highest BCUT2D eigenvalue weighted by atomic mass is 15.3. The van der Waals surface area contributed by atoms with Gasteiger partial charge in [0.05, 0.1) is 6.04 Å². The molecule has 80 valence electrons. The average Bonchev–Trinajstić information content (AvgIpc) is 2.57. The third-order valence-corrected chi connectivity index (χ3v) is 2.84. The molecule has 0 bridgehead atoms. The lowest BCUT2D eigenvalue weighted by Gasteiger charge is -2.18. The van der Waals surface area contributed by atoms with Crippen LogP contribution in [0.1, 0.15) is 44.9 Å². The molecule has 1 aromatic heterocycles. The van der Waals surface area contributed by atoms with Crippen LogP contribution in [-0.2, 0) is 6.54 Å². The van der Waals surface area contributed by atoms with E-state index in [1.807, 2.05) is 6.92 Å². The molecule has 0 saturated heterocycles. The van der Waals surface area contributed by atoms with E-state index in [1.165, 1.54) is 0 Å². The van der Waals surface area contributed by atoms with Gasteiger partial charge in [0, 0.05) is 6.54 Å². The number of rotatable bonds is 4. The molecule has 0 aliphatic rings. The minimum atomic E-state index is 0.00106. The van der Waals surface area contributed by atoms with Crippen LogP contribution in [0.15, 0.2) is 0 Å². The lowest BCUT2D eigenvalue weighted by Crippen LogP contribution is -2.23. The van der Waals surface area contributed by atoms with Gasteiger partial charge in [0.2, 0.25) is 0 Å². The monoisotopic (exact) mass is 196 g/mol. The van der Waals surface area contributed by atoms with E-state index < -0.39 is 0 Å². The summed E-state index contributed by atoms with van der Waals surface area (Å²) < 4.78 is 2.08. The first-order valence-corrected chi connectivity index (χ1v) is 5.27. The summed E-state index contributed by atoms with van der Waals surface area (Å²) in [5.41, 5.74) is 6.12. The summed E-state index contributed by atoms with van der Waals surface area (Å²) in [5.74, 6) is 2.31. The van der Waals surface area contributed by atoms with Gasteiger partial charge in [0.25, 0.3) is 0 Å². The van der Waals surface area contributed by atoms with Crippen LogP contribution in [-0.4, -0.2) is 14.8 Å². The number of nitrogens with zero attached hydrogens (tertiary/aromatic N) is 3. The lowest BCUT2D eigenvalue weighted by molar-refractivity contribution is 0.423. The van der Waals surface area contributed by atoms with Crippen LogP contribution in [0.5, 0.6) is 0 Å². The van der Waals surface area contributed by atoms with Gasteiger partial charge in [-0.15, -0.1) is 10.2 Å². The summed E-state index contributed by atoms with van der Waals surface area (Å²) in [6.45, 7) is 9.23. The Morgan fingerprint density at radius 1 is 1.36 bits per heavy atom. The van der Waals surface area contributed by atoms with Crippen molar-refractivity contribution >= 4 is 0 Å². The zero-order valence-corrected chi connectivity index (χ0v) is 9.49. The quantitative estimate of drug-likeness (QED) is 0.796. The molecular formula is C10H20N4. The molecule has 0 spiro atoms.